The topological polar surface area (TPSA) is 47.6 Å². The first-order chi connectivity index (χ1) is 29.8. The number of nitriles is 2. The molecule has 2 saturated carbocycles. The minimum Gasteiger partial charge on any atom is -0.192 e. The number of hydrogen-bond donors (Lipinski definition) is 0. The second kappa shape index (κ2) is 7.88. The lowest BCUT2D eigenvalue weighted by atomic mass is 9.64. The monoisotopic (exact) mass is 750 g/mol. The molecule has 0 bridgehead atoms. The molecule has 9 atom stereocenters. The van der Waals surface area contributed by atoms with Crippen molar-refractivity contribution < 1.29 is 0 Å². The second-order valence-electron chi connectivity index (χ2n) is 20.3. The molecule has 9 aliphatic rings. The van der Waals surface area contributed by atoms with E-state index in [0.29, 0.717) is 53.3 Å². The first-order valence-electron chi connectivity index (χ1n) is 22.2. The van der Waals surface area contributed by atoms with Gasteiger partial charge in [0.15, 0.2) is 0 Å². The van der Waals surface area contributed by atoms with E-state index < -0.39 is 0 Å². The number of fused-ring (bicyclic) bond motifs is 10. The van der Waals surface area contributed by atoms with Crippen LogP contribution in [0.1, 0.15) is 68.2 Å². The Morgan fingerprint density at radius 3 is 1.88 bits per heavy atom. The van der Waals surface area contributed by atoms with Gasteiger partial charge in [-0.25, -0.2) is 0 Å². The third-order valence-electron chi connectivity index (χ3n) is 19.2. The highest BCUT2D eigenvalue weighted by Gasteiger charge is 2.67. The molecular formula is C58H26N2. The summed E-state index contributed by atoms with van der Waals surface area (Å²) >= 11 is 0. The van der Waals surface area contributed by atoms with Crippen LogP contribution in [-0.2, 0) is 0 Å². The fraction of sp³-hybridized carbons (Fsp3) is 0.172. The van der Waals surface area contributed by atoms with Crippen molar-refractivity contribution in [2.24, 2.45) is 35.5 Å². The Balaban J connectivity index is 1.02. The highest BCUT2D eigenvalue weighted by Crippen LogP contribution is 2.77. The summed E-state index contributed by atoms with van der Waals surface area (Å²) in [5, 5.41) is 49.1. The van der Waals surface area contributed by atoms with Gasteiger partial charge in [0, 0.05) is 29.2 Å². The lowest BCUT2D eigenvalue weighted by Gasteiger charge is -2.38. The molecule has 9 unspecified atom stereocenters. The maximum absolute atomic E-state index is 10.3. The Morgan fingerprint density at radius 2 is 1.10 bits per heavy atom. The minimum absolute atomic E-state index is 0.163. The molecule has 60 heavy (non-hydrogen) atoms. The fourth-order valence-corrected chi connectivity index (χ4v) is 18.1. The van der Waals surface area contributed by atoms with Gasteiger partial charge in [0.2, 0.25) is 0 Å². The molecule has 20 rings (SSSR count). The van der Waals surface area contributed by atoms with Crippen molar-refractivity contribution in [3.63, 3.8) is 0 Å². The van der Waals surface area contributed by atoms with Gasteiger partial charge in [0.05, 0.1) is 0 Å². The molecule has 0 radical (unpaired) electrons. The van der Waals surface area contributed by atoms with E-state index in [1.165, 1.54) is 43.6 Å². The van der Waals surface area contributed by atoms with Crippen LogP contribution in [-0.4, -0.2) is 0 Å². The summed E-state index contributed by atoms with van der Waals surface area (Å²) in [6, 6.07) is 32.2. The van der Waals surface area contributed by atoms with Gasteiger partial charge in [-0.05, 0) is 182 Å². The van der Waals surface area contributed by atoms with Gasteiger partial charge in [0.1, 0.15) is 17.7 Å². The Hall–Kier alpha value is -7.00. The number of rotatable bonds is 1. The van der Waals surface area contributed by atoms with Crippen LogP contribution in [0, 0.1) is 58.2 Å². The van der Waals surface area contributed by atoms with E-state index >= 15 is 0 Å². The maximum Gasteiger partial charge on any atom is 0.138 e. The van der Waals surface area contributed by atoms with Gasteiger partial charge in [0.25, 0.3) is 0 Å². The molecule has 2 heteroatoms. The zero-order valence-electron chi connectivity index (χ0n) is 31.9. The highest BCUT2D eigenvalue weighted by atomic mass is 14.7. The number of nitrogens with zero attached hydrogens (tertiary/aromatic N) is 2. The average Bonchev–Trinajstić information content (AvgIpc) is 3.82. The summed E-state index contributed by atoms with van der Waals surface area (Å²) in [4.78, 5) is 0. The zero-order valence-corrected chi connectivity index (χ0v) is 31.9. The van der Waals surface area contributed by atoms with Gasteiger partial charge in [-0.3, -0.25) is 0 Å². The van der Waals surface area contributed by atoms with Crippen molar-refractivity contribution in [2.75, 3.05) is 0 Å². The Labute approximate surface area is 340 Å². The molecular weight excluding hydrogens is 725 g/mol. The smallest absolute Gasteiger partial charge is 0.138 e. The molecule has 0 aliphatic heterocycles. The van der Waals surface area contributed by atoms with Crippen LogP contribution in [0.5, 0.6) is 0 Å². The molecule has 9 aliphatic carbocycles. The fourth-order valence-electron chi connectivity index (χ4n) is 18.1. The first kappa shape index (κ1) is 27.6. The van der Waals surface area contributed by atoms with Crippen molar-refractivity contribution in [3.05, 3.63) is 152 Å². The van der Waals surface area contributed by atoms with E-state index in [1.54, 1.807) is 91.9 Å². The Kier molecular flexibility index (Phi) is 3.63. The van der Waals surface area contributed by atoms with Crippen molar-refractivity contribution in [2.45, 2.75) is 23.7 Å². The number of allylic oxidation sites excluding steroid dienone is 4. The van der Waals surface area contributed by atoms with Crippen molar-refractivity contribution in [1.82, 2.24) is 0 Å². The third kappa shape index (κ3) is 2.20. The van der Waals surface area contributed by atoms with Crippen LogP contribution in [0.2, 0.25) is 0 Å². The van der Waals surface area contributed by atoms with E-state index in [0.717, 1.165) is 16.7 Å². The molecule has 11 aromatic carbocycles. The van der Waals surface area contributed by atoms with Gasteiger partial charge in [-0.2, -0.15) is 10.5 Å². The van der Waals surface area contributed by atoms with Gasteiger partial charge in [-0.15, -0.1) is 0 Å². The summed E-state index contributed by atoms with van der Waals surface area (Å²) in [6.07, 6.45) is 10.7. The van der Waals surface area contributed by atoms with Gasteiger partial charge >= 0.3 is 0 Å². The summed E-state index contributed by atoms with van der Waals surface area (Å²) in [7, 11) is 0. The molecule has 0 amide bonds. The molecule has 2 fully saturated rings. The van der Waals surface area contributed by atoms with Crippen LogP contribution < -0.4 is 10.4 Å². The highest BCUT2D eigenvalue weighted by molar-refractivity contribution is 6.57. The Bertz CT molecular complexity index is 4370. The molecule has 2 nitrogen and oxygen atoms in total. The van der Waals surface area contributed by atoms with E-state index in [4.69, 9.17) is 0 Å². The van der Waals surface area contributed by atoms with Crippen LogP contribution in [0.25, 0.3) is 109 Å². The zero-order chi connectivity index (χ0) is 37.8. The second-order valence-corrected chi connectivity index (χ2v) is 20.3. The quantitative estimate of drug-likeness (QED) is 0.0953. The molecule has 0 aromatic heterocycles. The predicted molar refractivity (Wildman–Crippen MR) is 239 cm³/mol. The van der Waals surface area contributed by atoms with E-state index in [1.807, 2.05) is 5.57 Å². The lowest BCUT2D eigenvalue weighted by molar-refractivity contribution is 0.344. The van der Waals surface area contributed by atoms with Crippen molar-refractivity contribution >= 4 is 109 Å². The molecule has 268 valence electrons. The summed E-state index contributed by atoms with van der Waals surface area (Å²) in [5.74, 6) is 4.39. The molecule has 0 heterocycles. The van der Waals surface area contributed by atoms with E-state index in [2.05, 4.69) is 109 Å². The standard InChI is InChI=1S/C58H26N2/c59-17-19(18-60)32-20-5-1-3-7-22(20)33(23-8-4-2-6-21(23)32)44-50-42-30-15-13-28-26-11-9-24-25-10-12-27-29-14-16-31-41-39(29)47-37(27)35(25)45-34(24)36(26)46-38(28)40(30)48-52(42)53(43(31)51(44)50)49(41)58-56(47)54(45)55(46)57(48)58/h1-16,26,28,30,33,36,38,40,44,50-51H. The summed E-state index contributed by atoms with van der Waals surface area (Å²) in [6.45, 7) is 0. The van der Waals surface area contributed by atoms with Gasteiger partial charge < -0.3 is 0 Å². The molecule has 0 spiro atoms. The summed E-state index contributed by atoms with van der Waals surface area (Å²) in [5.41, 5.74) is 15.9. The SMILES string of the molecule is N#CC(C#N)=C1c2ccccc2C(C2C3C4=c5c6c7c8c9c%10c%11c(c%12ccc%13c%14ccc%15c(c5c5c%15c%14c(c%13c%12%10)c9c75)C32)C=CC2C%11C=8C3C2C=CC4C63)c2ccccc21. The van der Waals surface area contributed by atoms with Crippen molar-refractivity contribution in [1.29, 1.82) is 10.5 Å². The van der Waals surface area contributed by atoms with E-state index in [9.17, 15) is 10.5 Å². The van der Waals surface area contributed by atoms with Crippen LogP contribution >= 0.6 is 0 Å². The largest absolute Gasteiger partial charge is 0.192 e. The Morgan fingerprint density at radius 1 is 0.450 bits per heavy atom. The van der Waals surface area contributed by atoms with Crippen LogP contribution in [0.4, 0.5) is 0 Å². The van der Waals surface area contributed by atoms with Crippen molar-refractivity contribution in [3.8, 4) is 12.1 Å². The molecule has 11 aromatic rings. The number of hydrogen-bond acceptors (Lipinski definition) is 2. The van der Waals surface area contributed by atoms with Gasteiger partial charge in [-0.1, -0.05) is 103 Å². The average molecular weight is 751 g/mol. The normalized spacial score (nSPS) is 30.7. The summed E-state index contributed by atoms with van der Waals surface area (Å²) < 4.78 is 0. The maximum atomic E-state index is 10.3. The van der Waals surface area contributed by atoms with E-state index in [-0.39, 0.29) is 11.5 Å². The van der Waals surface area contributed by atoms with Crippen LogP contribution in [0.15, 0.2) is 96.6 Å². The lowest BCUT2D eigenvalue weighted by Crippen LogP contribution is -2.33. The molecule has 0 N–H and O–H groups in total. The van der Waals surface area contributed by atoms with Crippen LogP contribution in [0.3, 0.4) is 0 Å². The third-order valence-corrected chi connectivity index (χ3v) is 19.2. The predicted octanol–water partition coefficient (Wildman–Crippen LogP) is 11.5. The first-order valence-corrected chi connectivity index (χ1v) is 22.2. The number of benzene rings is 7. The minimum atomic E-state index is 0.163. The molecule has 0 saturated heterocycles.